The number of rotatable bonds is 4. The van der Waals surface area contributed by atoms with Crippen molar-refractivity contribution in [1.82, 2.24) is 4.90 Å². The number of fused-ring (bicyclic) bond motifs is 1. The van der Waals surface area contributed by atoms with Crippen LogP contribution in [-0.4, -0.2) is 49.7 Å². The van der Waals surface area contributed by atoms with Crippen LogP contribution in [0.3, 0.4) is 0 Å². The second kappa shape index (κ2) is 7.90. The number of Topliss-reactive ketones (excluding diaryl/α,β-unsaturated/α-hetero) is 1. The zero-order valence-corrected chi connectivity index (χ0v) is 15.9. The molecule has 0 radical (unpaired) electrons. The summed E-state index contributed by atoms with van der Waals surface area (Å²) in [6.07, 6.45) is 0. The summed E-state index contributed by atoms with van der Waals surface area (Å²) in [4.78, 5) is 27.1. The van der Waals surface area contributed by atoms with Crippen LogP contribution in [-0.2, 0) is 6.54 Å². The second-order valence-corrected chi connectivity index (χ2v) is 7.17. The minimum atomic E-state index is -0.0993. The monoisotopic (exact) mass is 382 g/mol. The molecule has 0 saturated carbocycles. The number of anilines is 1. The number of urea groups is 1. The summed E-state index contributed by atoms with van der Waals surface area (Å²) >= 11 is 0. The van der Waals surface area contributed by atoms with Crippen molar-refractivity contribution in [2.24, 2.45) is 0 Å². The van der Waals surface area contributed by atoms with Crippen LogP contribution in [0.4, 0.5) is 10.5 Å². The highest BCUT2D eigenvalue weighted by Crippen LogP contribution is 2.32. The number of ketones is 1. The molecule has 2 aromatic rings. The summed E-state index contributed by atoms with van der Waals surface area (Å²) in [6, 6.07) is 12.9. The summed E-state index contributed by atoms with van der Waals surface area (Å²) in [5.74, 6) is 1.63. The number of hydrogen-bond donors (Lipinski definition) is 2. The maximum atomic E-state index is 12.5. The molecule has 0 atom stereocenters. The summed E-state index contributed by atoms with van der Waals surface area (Å²) in [5, 5.41) is 2.91. The SMILES string of the molecule is CC(=O)c1ccc(NC(=O)N2CC[NH+](Cc3ccc4c(c3)OCO4)CC2)cc1. The lowest BCUT2D eigenvalue weighted by Gasteiger charge is -2.32. The van der Waals surface area contributed by atoms with Gasteiger partial charge in [-0.15, -0.1) is 0 Å². The fourth-order valence-corrected chi connectivity index (χ4v) is 3.53. The first-order valence-electron chi connectivity index (χ1n) is 9.47. The Morgan fingerprint density at radius 3 is 2.46 bits per heavy atom. The Morgan fingerprint density at radius 1 is 1.04 bits per heavy atom. The van der Waals surface area contributed by atoms with Crippen LogP contribution >= 0.6 is 0 Å². The van der Waals surface area contributed by atoms with Gasteiger partial charge in [-0.1, -0.05) is 0 Å². The number of amides is 2. The maximum absolute atomic E-state index is 12.5. The van der Waals surface area contributed by atoms with Gasteiger partial charge in [-0.3, -0.25) is 4.79 Å². The Balaban J connectivity index is 1.27. The van der Waals surface area contributed by atoms with Crippen molar-refractivity contribution in [3.05, 3.63) is 53.6 Å². The Hall–Kier alpha value is -3.06. The van der Waals surface area contributed by atoms with Gasteiger partial charge in [-0.25, -0.2) is 4.79 Å². The third kappa shape index (κ3) is 4.09. The van der Waals surface area contributed by atoms with Gasteiger partial charge in [0.25, 0.3) is 0 Å². The van der Waals surface area contributed by atoms with E-state index in [0.29, 0.717) is 24.3 Å². The van der Waals surface area contributed by atoms with E-state index in [1.165, 1.54) is 17.4 Å². The molecule has 0 bridgehead atoms. The predicted octanol–water partition coefficient (Wildman–Crippen LogP) is 1.55. The van der Waals surface area contributed by atoms with E-state index in [2.05, 4.69) is 11.4 Å². The van der Waals surface area contributed by atoms with E-state index < -0.39 is 0 Å². The predicted molar refractivity (Wildman–Crippen MR) is 104 cm³/mol. The van der Waals surface area contributed by atoms with Gasteiger partial charge in [0.05, 0.1) is 26.2 Å². The first kappa shape index (κ1) is 18.3. The fourth-order valence-electron chi connectivity index (χ4n) is 3.53. The zero-order chi connectivity index (χ0) is 19.5. The van der Waals surface area contributed by atoms with Crippen LogP contribution < -0.4 is 19.7 Å². The summed E-state index contributed by atoms with van der Waals surface area (Å²) in [7, 11) is 0. The highest BCUT2D eigenvalue weighted by molar-refractivity contribution is 5.95. The van der Waals surface area contributed by atoms with Crippen LogP contribution in [0, 0.1) is 0 Å². The van der Waals surface area contributed by atoms with E-state index in [1.54, 1.807) is 24.3 Å². The molecule has 1 fully saturated rings. The van der Waals surface area contributed by atoms with E-state index in [4.69, 9.17) is 9.47 Å². The Labute approximate surface area is 163 Å². The number of benzene rings is 2. The molecule has 0 spiro atoms. The van der Waals surface area contributed by atoms with Crippen molar-refractivity contribution in [2.45, 2.75) is 13.5 Å². The number of nitrogens with zero attached hydrogens (tertiary/aromatic N) is 1. The third-order valence-electron chi connectivity index (χ3n) is 5.19. The molecule has 2 heterocycles. The minimum absolute atomic E-state index is 0.0134. The lowest BCUT2D eigenvalue weighted by Crippen LogP contribution is -3.13. The van der Waals surface area contributed by atoms with Gasteiger partial charge in [0, 0.05) is 16.8 Å². The van der Waals surface area contributed by atoms with Gasteiger partial charge in [-0.2, -0.15) is 0 Å². The largest absolute Gasteiger partial charge is 0.454 e. The van der Waals surface area contributed by atoms with Gasteiger partial charge in [0.2, 0.25) is 6.79 Å². The maximum Gasteiger partial charge on any atom is 0.322 e. The van der Waals surface area contributed by atoms with E-state index >= 15 is 0 Å². The lowest BCUT2D eigenvalue weighted by molar-refractivity contribution is -0.917. The van der Waals surface area contributed by atoms with Crippen molar-refractivity contribution in [2.75, 3.05) is 38.3 Å². The normalized spacial score (nSPS) is 16.1. The smallest absolute Gasteiger partial charge is 0.322 e. The molecular formula is C21H24N3O4+. The molecule has 1 saturated heterocycles. The average Bonchev–Trinajstić information content (AvgIpc) is 3.17. The van der Waals surface area contributed by atoms with E-state index in [1.807, 2.05) is 17.0 Å². The Bertz CT molecular complexity index is 874. The Morgan fingerprint density at radius 2 is 1.75 bits per heavy atom. The quantitative estimate of drug-likeness (QED) is 0.787. The second-order valence-electron chi connectivity index (χ2n) is 7.17. The van der Waals surface area contributed by atoms with Crippen molar-refractivity contribution in [1.29, 1.82) is 0 Å². The van der Waals surface area contributed by atoms with Crippen molar-refractivity contribution < 1.29 is 24.0 Å². The molecule has 28 heavy (non-hydrogen) atoms. The van der Waals surface area contributed by atoms with Crippen LogP contribution in [0.25, 0.3) is 0 Å². The van der Waals surface area contributed by atoms with Gasteiger partial charge in [0.1, 0.15) is 6.54 Å². The first-order chi connectivity index (χ1) is 13.6. The van der Waals surface area contributed by atoms with Crippen molar-refractivity contribution in [3.63, 3.8) is 0 Å². The highest BCUT2D eigenvalue weighted by atomic mass is 16.7. The van der Waals surface area contributed by atoms with Gasteiger partial charge < -0.3 is 24.6 Å². The number of carbonyl (C=O) groups is 2. The fraction of sp³-hybridized carbons (Fsp3) is 0.333. The van der Waals surface area contributed by atoms with E-state index in [0.717, 1.165) is 31.1 Å². The zero-order valence-electron chi connectivity index (χ0n) is 15.9. The number of quaternary nitrogens is 1. The van der Waals surface area contributed by atoms with Crippen molar-refractivity contribution in [3.8, 4) is 11.5 Å². The van der Waals surface area contributed by atoms with Crippen LogP contribution in [0.5, 0.6) is 11.5 Å². The van der Waals surface area contributed by atoms with Crippen LogP contribution in [0.1, 0.15) is 22.8 Å². The van der Waals surface area contributed by atoms with Crippen molar-refractivity contribution >= 4 is 17.5 Å². The summed E-state index contributed by atoms with van der Waals surface area (Å²) < 4.78 is 10.8. The summed E-state index contributed by atoms with van der Waals surface area (Å²) in [6.45, 7) is 5.92. The van der Waals surface area contributed by atoms with Crippen LogP contribution in [0.15, 0.2) is 42.5 Å². The topological polar surface area (TPSA) is 72.3 Å². The number of hydrogen-bond acceptors (Lipinski definition) is 4. The molecule has 4 rings (SSSR count). The highest BCUT2D eigenvalue weighted by Gasteiger charge is 2.24. The molecular weight excluding hydrogens is 358 g/mol. The number of ether oxygens (including phenoxy) is 2. The molecule has 146 valence electrons. The van der Waals surface area contributed by atoms with E-state index in [9.17, 15) is 9.59 Å². The molecule has 7 heteroatoms. The van der Waals surface area contributed by atoms with Gasteiger partial charge in [-0.05, 0) is 49.4 Å². The molecule has 2 aliphatic heterocycles. The molecule has 0 aliphatic carbocycles. The molecule has 2 aliphatic rings. The number of piperazine rings is 1. The standard InChI is InChI=1S/C21H23N3O4/c1-15(25)17-3-5-18(6-4-17)22-21(26)24-10-8-23(9-11-24)13-16-2-7-19-20(12-16)28-14-27-19/h2-7,12H,8-11,13-14H2,1H3,(H,22,26)/p+1. The molecule has 7 nitrogen and oxygen atoms in total. The number of nitrogens with one attached hydrogen (secondary N) is 2. The molecule has 0 aromatic heterocycles. The van der Waals surface area contributed by atoms with Crippen LogP contribution in [0.2, 0.25) is 0 Å². The number of carbonyl (C=O) groups excluding carboxylic acids is 2. The Kier molecular flexibility index (Phi) is 5.16. The molecule has 2 aromatic carbocycles. The summed E-state index contributed by atoms with van der Waals surface area (Å²) in [5.41, 5.74) is 2.55. The van der Waals surface area contributed by atoms with E-state index in [-0.39, 0.29) is 18.6 Å². The molecule has 2 N–H and O–H groups in total. The minimum Gasteiger partial charge on any atom is -0.454 e. The van der Waals surface area contributed by atoms with Gasteiger partial charge >= 0.3 is 6.03 Å². The lowest BCUT2D eigenvalue weighted by atomic mass is 10.1. The first-order valence-corrected chi connectivity index (χ1v) is 9.47. The third-order valence-corrected chi connectivity index (χ3v) is 5.19. The molecule has 0 unspecified atom stereocenters. The molecule has 2 amide bonds. The average molecular weight is 382 g/mol. The van der Waals surface area contributed by atoms with Gasteiger partial charge in [0.15, 0.2) is 17.3 Å².